The summed E-state index contributed by atoms with van der Waals surface area (Å²) in [6.07, 6.45) is 3.61. The molecule has 146 valence electrons. The van der Waals surface area contributed by atoms with Gasteiger partial charge in [0, 0.05) is 25.6 Å². The summed E-state index contributed by atoms with van der Waals surface area (Å²) in [5.41, 5.74) is 0. The number of rotatable bonds is 5. The zero-order valence-corrected chi connectivity index (χ0v) is 15.1. The van der Waals surface area contributed by atoms with Gasteiger partial charge in [-0.25, -0.2) is 4.79 Å². The molecule has 8 nitrogen and oxygen atoms in total. The predicted octanol–water partition coefficient (Wildman–Crippen LogP) is 1.08. The Kier molecular flexibility index (Phi) is 6.85. The minimum absolute atomic E-state index is 0.0125. The maximum atomic E-state index is 12.6. The zero-order chi connectivity index (χ0) is 18.4. The molecule has 2 amide bonds. The van der Waals surface area contributed by atoms with E-state index in [2.05, 4.69) is 5.32 Å². The number of nitrogens with zero attached hydrogens (tertiary/aromatic N) is 1. The van der Waals surface area contributed by atoms with Gasteiger partial charge in [0.2, 0.25) is 12.2 Å². The highest BCUT2D eigenvalue weighted by molar-refractivity contribution is 5.82. The normalized spacial score (nSPS) is 29.5. The number of hydrogen-bond donors (Lipinski definition) is 1. The molecule has 3 rings (SSSR count). The van der Waals surface area contributed by atoms with Crippen LogP contribution in [0.1, 0.15) is 38.5 Å². The van der Waals surface area contributed by atoms with E-state index in [1.54, 1.807) is 0 Å². The van der Waals surface area contributed by atoms with E-state index in [1.165, 1.54) is 0 Å². The second kappa shape index (κ2) is 9.32. The molecule has 1 aliphatic carbocycles. The zero-order valence-electron chi connectivity index (χ0n) is 15.1. The van der Waals surface area contributed by atoms with Gasteiger partial charge in [0.25, 0.3) is 0 Å². The molecular formula is C18H28N2O6. The van der Waals surface area contributed by atoms with E-state index in [0.717, 1.165) is 32.1 Å². The van der Waals surface area contributed by atoms with Crippen molar-refractivity contribution in [2.45, 2.75) is 44.8 Å². The summed E-state index contributed by atoms with van der Waals surface area (Å²) < 4.78 is 15.4. The summed E-state index contributed by atoms with van der Waals surface area (Å²) >= 11 is 0. The Morgan fingerprint density at radius 3 is 2.77 bits per heavy atom. The van der Waals surface area contributed by atoms with E-state index in [0.29, 0.717) is 38.8 Å². The minimum atomic E-state index is -0.757. The Labute approximate surface area is 153 Å². The molecule has 2 aliphatic heterocycles. The average Bonchev–Trinajstić information content (AvgIpc) is 3.06. The molecule has 0 spiro atoms. The smallest absolute Gasteiger partial charge is 0.409 e. The SMILES string of the molecule is O=C1COC(OC(=O)NCC[C@H]2CCC[C@@H](C(=O)N3CCOCC3)C2)C1. The number of hydrogen-bond acceptors (Lipinski definition) is 6. The molecular weight excluding hydrogens is 340 g/mol. The van der Waals surface area contributed by atoms with Gasteiger partial charge >= 0.3 is 6.09 Å². The van der Waals surface area contributed by atoms with Crippen molar-refractivity contribution in [3.05, 3.63) is 0 Å². The van der Waals surface area contributed by atoms with Gasteiger partial charge in [0.05, 0.1) is 19.6 Å². The van der Waals surface area contributed by atoms with Crippen molar-refractivity contribution in [3.8, 4) is 0 Å². The average molecular weight is 368 g/mol. The lowest BCUT2D eigenvalue weighted by Crippen LogP contribution is -2.44. The van der Waals surface area contributed by atoms with Crippen LogP contribution in [0.3, 0.4) is 0 Å². The fraction of sp³-hybridized carbons (Fsp3) is 0.833. The second-order valence-corrected chi connectivity index (χ2v) is 7.27. The molecule has 0 aromatic rings. The van der Waals surface area contributed by atoms with Crippen molar-refractivity contribution in [1.29, 1.82) is 0 Å². The van der Waals surface area contributed by atoms with Crippen molar-refractivity contribution < 1.29 is 28.6 Å². The fourth-order valence-corrected chi connectivity index (χ4v) is 3.92. The quantitative estimate of drug-likeness (QED) is 0.780. The highest BCUT2D eigenvalue weighted by Gasteiger charge is 2.31. The summed E-state index contributed by atoms with van der Waals surface area (Å²) in [7, 11) is 0. The Morgan fingerprint density at radius 2 is 2.04 bits per heavy atom. The van der Waals surface area contributed by atoms with E-state index in [4.69, 9.17) is 14.2 Å². The maximum Gasteiger partial charge on any atom is 0.409 e. The number of morpholine rings is 1. The first-order chi connectivity index (χ1) is 12.6. The van der Waals surface area contributed by atoms with E-state index in [-0.39, 0.29) is 30.6 Å². The molecule has 8 heteroatoms. The molecule has 3 fully saturated rings. The van der Waals surface area contributed by atoms with E-state index in [9.17, 15) is 14.4 Å². The first-order valence-corrected chi connectivity index (χ1v) is 9.56. The number of alkyl carbamates (subject to hydrolysis) is 1. The molecule has 1 saturated carbocycles. The topological polar surface area (TPSA) is 94.2 Å². The Morgan fingerprint density at radius 1 is 1.23 bits per heavy atom. The predicted molar refractivity (Wildman–Crippen MR) is 91.3 cm³/mol. The van der Waals surface area contributed by atoms with Crippen LogP contribution in [-0.2, 0) is 23.8 Å². The molecule has 2 saturated heterocycles. The van der Waals surface area contributed by atoms with E-state index < -0.39 is 12.4 Å². The number of nitrogens with one attached hydrogen (secondary N) is 1. The molecule has 0 bridgehead atoms. The molecule has 3 aliphatic rings. The molecule has 0 aromatic heterocycles. The third-order valence-electron chi connectivity index (χ3n) is 5.34. The highest BCUT2D eigenvalue weighted by Crippen LogP contribution is 2.32. The first-order valence-electron chi connectivity index (χ1n) is 9.56. The van der Waals surface area contributed by atoms with Gasteiger partial charge < -0.3 is 24.4 Å². The van der Waals surface area contributed by atoms with E-state index >= 15 is 0 Å². The summed E-state index contributed by atoms with van der Waals surface area (Å²) in [4.78, 5) is 37.4. The Bertz CT molecular complexity index is 520. The Balaban J connectivity index is 1.34. The Hall–Kier alpha value is -1.67. The van der Waals surface area contributed by atoms with Crippen LogP contribution in [0, 0.1) is 11.8 Å². The largest absolute Gasteiger partial charge is 0.419 e. The van der Waals surface area contributed by atoms with Crippen LogP contribution in [-0.4, -0.2) is 68.4 Å². The lowest BCUT2D eigenvalue weighted by molar-refractivity contribution is -0.141. The minimum Gasteiger partial charge on any atom is -0.419 e. The molecule has 1 N–H and O–H groups in total. The van der Waals surface area contributed by atoms with Crippen LogP contribution in [0.25, 0.3) is 0 Å². The maximum absolute atomic E-state index is 12.6. The molecule has 26 heavy (non-hydrogen) atoms. The third-order valence-corrected chi connectivity index (χ3v) is 5.34. The van der Waals surface area contributed by atoms with Crippen molar-refractivity contribution in [1.82, 2.24) is 10.2 Å². The van der Waals surface area contributed by atoms with Crippen molar-refractivity contribution >= 4 is 17.8 Å². The number of ether oxygens (including phenoxy) is 3. The summed E-state index contributed by atoms with van der Waals surface area (Å²) in [6.45, 7) is 3.16. The van der Waals surface area contributed by atoms with Gasteiger partial charge in [0.15, 0.2) is 5.78 Å². The van der Waals surface area contributed by atoms with Crippen molar-refractivity contribution in [3.63, 3.8) is 0 Å². The monoisotopic (exact) mass is 368 g/mol. The van der Waals surface area contributed by atoms with Gasteiger partial charge in [-0.3, -0.25) is 9.59 Å². The van der Waals surface area contributed by atoms with Crippen LogP contribution < -0.4 is 5.32 Å². The van der Waals surface area contributed by atoms with Gasteiger partial charge in [-0.15, -0.1) is 0 Å². The second-order valence-electron chi connectivity index (χ2n) is 7.27. The van der Waals surface area contributed by atoms with Gasteiger partial charge in [-0.2, -0.15) is 0 Å². The highest BCUT2D eigenvalue weighted by atomic mass is 16.7. The first kappa shape index (κ1) is 19.1. The molecule has 2 heterocycles. The van der Waals surface area contributed by atoms with Crippen molar-refractivity contribution in [2.24, 2.45) is 11.8 Å². The number of carbonyl (C=O) groups excluding carboxylic acids is 3. The summed E-state index contributed by atoms with van der Waals surface area (Å²) in [6, 6.07) is 0. The summed E-state index contributed by atoms with van der Waals surface area (Å²) in [5, 5.41) is 2.71. The van der Waals surface area contributed by atoms with Gasteiger partial charge in [-0.05, 0) is 25.2 Å². The number of carbonyl (C=O) groups is 3. The number of Topliss-reactive ketones (excluding diaryl/α,β-unsaturated/α-hetero) is 1. The molecule has 1 unspecified atom stereocenters. The molecule has 0 aromatic carbocycles. The molecule has 3 atom stereocenters. The number of amides is 2. The summed E-state index contributed by atoms with van der Waals surface area (Å²) in [5.74, 6) is 0.731. The third kappa shape index (κ3) is 5.41. The van der Waals surface area contributed by atoms with Crippen LogP contribution in [0.15, 0.2) is 0 Å². The van der Waals surface area contributed by atoms with Crippen LogP contribution in [0.4, 0.5) is 4.79 Å². The van der Waals surface area contributed by atoms with Gasteiger partial charge in [-0.1, -0.05) is 12.8 Å². The number of ketones is 1. The molecule has 0 radical (unpaired) electrons. The lowest BCUT2D eigenvalue weighted by atomic mass is 9.79. The standard InChI is InChI=1S/C18H28N2O6/c21-15-11-16(25-12-15)26-18(23)19-5-4-13-2-1-3-14(10-13)17(22)20-6-8-24-9-7-20/h13-14,16H,1-12H2,(H,19,23)/t13-,14-,16?/m1/s1. The van der Waals surface area contributed by atoms with Crippen LogP contribution in [0.2, 0.25) is 0 Å². The van der Waals surface area contributed by atoms with Crippen molar-refractivity contribution in [2.75, 3.05) is 39.5 Å². The van der Waals surface area contributed by atoms with Crippen LogP contribution in [0.5, 0.6) is 0 Å². The van der Waals surface area contributed by atoms with Gasteiger partial charge in [0.1, 0.15) is 6.61 Å². The lowest BCUT2D eigenvalue weighted by Gasteiger charge is -2.34. The fourth-order valence-electron chi connectivity index (χ4n) is 3.92. The van der Waals surface area contributed by atoms with Crippen LogP contribution >= 0.6 is 0 Å². The van der Waals surface area contributed by atoms with E-state index in [1.807, 2.05) is 4.90 Å².